The molecule has 1 aromatic heterocycles. The third-order valence-corrected chi connectivity index (χ3v) is 5.30. The molecule has 1 fully saturated rings. The van der Waals surface area contributed by atoms with Crippen LogP contribution >= 0.6 is 0 Å². The Balaban J connectivity index is 1.57. The lowest BCUT2D eigenvalue weighted by Crippen LogP contribution is -2.41. The Hall–Kier alpha value is -3.00. The summed E-state index contributed by atoms with van der Waals surface area (Å²) in [6, 6.07) is 10.0. The number of aromatic nitrogens is 1. The molecule has 1 N–H and O–H groups in total. The molecule has 0 amide bonds. The number of nitrogens with zero attached hydrogens (tertiary/aromatic N) is 4. The van der Waals surface area contributed by atoms with Crippen molar-refractivity contribution in [2.24, 2.45) is 4.99 Å². The molecule has 0 spiro atoms. The zero-order valence-electron chi connectivity index (χ0n) is 19.1. The number of methoxy groups -OCH3 is 2. The van der Waals surface area contributed by atoms with Crippen LogP contribution in [-0.4, -0.2) is 70.0 Å². The van der Waals surface area contributed by atoms with Crippen molar-refractivity contribution >= 4 is 11.8 Å². The van der Waals surface area contributed by atoms with Gasteiger partial charge in [0.1, 0.15) is 17.3 Å². The molecule has 31 heavy (non-hydrogen) atoms. The van der Waals surface area contributed by atoms with Crippen molar-refractivity contribution in [2.75, 3.05) is 52.9 Å². The number of ether oxygens (including phenoxy) is 3. The fourth-order valence-electron chi connectivity index (χ4n) is 3.61. The highest BCUT2D eigenvalue weighted by Gasteiger charge is 2.18. The van der Waals surface area contributed by atoms with Crippen molar-refractivity contribution in [3.63, 3.8) is 0 Å². The molecule has 1 aliphatic rings. The van der Waals surface area contributed by atoms with Gasteiger partial charge in [0, 0.05) is 58.1 Å². The van der Waals surface area contributed by atoms with Crippen LogP contribution in [-0.2, 0) is 17.8 Å². The Morgan fingerprint density at radius 1 is 1.29 bits per heavy atom. The fraction of sp³-hybridized carbons (Fsp3) is 0.478. The number of rotatable bonds is 7. The Labute approximate surface area is 184 Å². The highest BCUT2D eigenvalue weighted by Crippen LogP contribution is 2.25. The smallest absolute Gasteiger partial charge is 0.193 e. The van der Waals surface area contributed by atoms with Crippen molar-refractivity contribution in [3.05, 3.63) is 47.7 Å². The third kappa shape index (κ3) is 6.01. The molecule has 2 aromatic rings. The van der Waals surface area contributed by atoms with Crippen molar-refractivity contribution in [1.29, 1.82) is 0 Å². The van der Waals surface area contributed by atoms with Gasteiger partial charge in [0.15, 0.2) is 5.96 Å². The summed E-state index contributed by atoms with van der Waals surface area (Å²) in [7, 11) is 7.10. The number of anilines is 1. The van der Waals surface area contributed by atoms with Gasteiger partial charge in [0.25, 0.3) is 0 Å². The van der Waals surface area contributed by atoms with Gasteiger partial charge in [0.2, 0.25) is 0 Å². The molecule has 0 radical (unpaired) electrons. The van der Waals surface area contributed by atoms with Crippen LogP contribution in [0.25, 0.3) is 0 Å². The van der Waals surface area contributed by atoms with Crippen LogP contribution in [0.15, 0.2) is 41.5 Å². The number of hydrogen-bond acceptors (Lipinski definition) is 6. The van der Waals surface area contributed by atoms with Crippen molar-refractivity contribution in [3.8, 4) is 11.5 Å². The quantitative estimate of drug-likeness (QED) is 0.538. The van der Waals surface area contributed by atoms with Crippen LogP contribution in [0.1, 0.15) is 18.1 Å². The second-order valence-electron chi connectivity index (χ2n) is 7.59. The number of morpholine rings is 1. The maximum absolute atomic E-state index is 5.61. The SMILES string of the molecule is CN=C(NCc1ccc(N2CCOC(C)C2)nc1)N(C)Cc1ccc(OC)cc1OC. The van der Waals surface area contributed by atoms with Crippen LogP contribution in [0.3, 0.4) is 0 Å². The van der Waals surface area contributed by atoms with Gasteiger partial charge in [-0.3, -0.25) is 4.99 Å². The first kappa shape index (κ1) is 22.7. The minimum Gasteiger partial charge on any atom is -0.497 e. The van der Waals surface area contributed by atoms with E-state index < -0.39 is 0 Å². The fourth-order valence-corrected chi connectivity index (χ4v) is 3.61. The highest BCUT2D eigenvalue weighted by atomic mass is 16.5. The second kappa shape index (κ2) is 10.9. The van der Waals surface area contributed by atoms with Gasteiger partial charge in [-0.1, -0.05) is 6.07 Å². The Kier molecular flexibility index (Phi) is 7.94. The number of benzene rings is 1. The lowest BCUT2D eigenvalue weighted by molar-refractivity contribution is 0.0529. The van der Waals surface area contributed by atoms with Gasteiger partial charge >= 0.3 is 0 Å². The predicted octanol–water partition coefficient (Wildman–Crippen LogP) is 2.53. The van der Waals surface area contributed by atoms with Gasteiger partial charge in [-0.2, -0.15) is 0 Å². The third-order valence-electron chi connectivity index (χ3n) is 5.30. The van der Waals surface area contributed by atoms with E-state index in [-0.39, 0.29) is 6.10 Å². The first-order chi connectivity index (χ1) is 15.0. The molecule has 1 aliphatic heterocycles. The number of nitrogens with one attached hydrogen (secondary N) is 1. The molecule has 8 heteroatoms. The lowest BCUT2D eigenvalue weighted by Gasteiger charge is -2.32. The molecule has 8 nitrogen and oxygen atoms in total. The van der Waals surface area contributed by atoms with E-state index in [1.165, 1.54) is 0 Å². The van der Waals surface area contributed by atoms with Crippen LogP contribution in [0.2, 0.25) is 0 Å². The molecule has 168 valence electrons. The number of guanidine groups is 1. The number of aliphatic imine (C=N–C) groups is 1. The van der Waals surface area contributed by atoms with Gasteiger partial charge in [0.05, 0.1) is 26.9 Å². The normalized spacial score (nSPS) is 16.7. The minimum atomic E-state index is 0.236. The first-order valence-corrected chi connectivity index (χ1v) is 10.5. The summed E-state index contributed by atoms with van der Waals surface area (Å²) in [5.74, 6) is 3.35. The van der Waals surface area contributed by atoms with Crippen molar-refractivity contribution in [1.82, 2.24) is 15.2 Å². The molecule has 0 bridgehead atoms. The minimum absolute atomic E-state index is 0.236. The molecule has 1 unspecified atom stereocenters. The highest BCUT2D eigenvalue weighted by molar-refractivity contribution is 5.79. The molecule has 2 heterocycles. The summed E-state index contributed by atoms with van der Waals surface area (Å²) >= 11 is 0. The van der Waals surface area contributed by atoms with E-state index in [9.17, 15) is 0 Å². The van der Waals surface area contributed by atoms with E-state index in [1.54, 1.807) is 21.3 Å². The van der Waals surface area contributed by atoms with Crippen molar-refractivity contribution in [2.45, 2.75) is 26.1 Å². The Bertz CT molecular complexity index is 872. The zero-order chi connectivity index (χ0) is 22.2. The molecule has 1 saturated heterocycles. The zero-order valence-corrected chi connectivity index (χ0v) is 19.1. The first-order valence-electron chi connectivity index (χ1n) is 10.5. The molecule has 0 aliphatic carbocycles. The van der Waals surface area contributed by atoms with Crippen LogP contribution in [0.4, 0.5) is 5.82 Å². The summed E-state index contributed by atoms with van der Waals surface area (Å²) in [4.78, 5) is 13.4. The summed E-state index contributed by atoms with van der Waals surface area (Å²) in [5.41, 5.74) is 2.15. The average Bonchev–Trinajstić information content (AvgIpc) is 2.80. The van der Waals surface area contributed by atoms with E-state index in [2.05, 4.69) is 44.1 Å². The monoisotopic (exact) mass is 427 g/mol. The molecule has 1 atom stereocenters. The average molecular weight is 428 g/mol. The van der Waals surface area contributed by atoms with Gasteiger partial charge in [-0.15, -0.1) is 0 Å². The molecule has 1 aromatic carbocycles. The molecule has 3 rings (SSSR count). The van der Waals surface area contributed by atoms with Gasteiger partial charge in [-0.05, 0) is 30.7 Å². The largest absolute Gasteiger partial charge is 0.497 e. The number of pyridine rings is 1. The molecule has 0 saturated carbocycles. The summed E-state index contributed by atoms with van der Waals surface area (Å²) in [6.07, 6.45) is 2.16. The van der Waals surface area contributed by atoms with Crippen LogP contribution in [0, 0.1) is 0 Å². The van der Waals surface area contributed by atoms with E-state index >= 15 is 0 Å². The van der Waals surface area contributed by atoms with Gasteiger partial charge in [-0.25, -0.2) is 4.98 Å². The van der Waals surface area contributed by atoms with E-state index in [4.69, 9.17) is 14.2 Å². The van der Waals surface area contributed by atoms with E-state index in [0.29, 0.717) is 13.1 Å². The van der Waals surface area contributed by atoms with Gasteiger partial charge < -0.3 is 29.3 Å². The Morgan fingerprint density at radius 2 is 2.13 bits per heavy atom. The summed E-state index contributed by atoms with van der Waals surface area (Å²) < 4.78 is 16.4. The topological polar surface area (TPSA) is 71.5 Å². The standard InChI is InChI=1S/C23H33N5O3/c1-17-15-28(10-11-31-17)22-9-6-18(13-25-22)14-26-23(24-2)27(3)16-19-7-8-20(29-4)12-21(19)30-5/h6-9,12-13,17H,10-11,14-16H2,1-5H3,(H,24,26). The molecular formula is C23H33N5O3. The van der Waals surface area contributed by atoms with Crippen LogP contribution in [0.5, 0.6) is 11.5 Å². The van der Waals surface area contributed by atoms with E-state index in [1.807, 2.05) is 31.4 Å². The van der Waals surface area contributed by atoms with Crippen LogP contribution < -0.4 is 19.7 Å². The van der Waals surface area contributed by atoms with E-state index in [0.717, 1.165) is 54.1 Å². The second-order valence-corrected chi connectivity index (χ2v) is 7.59. The predicted molar refractivity (Wildman–Crippen MR) is 123 cm³/mol. The number of hydrogen-bond donors (Lipinski definition) is 1. The summed E-state index contributed by atoms with van der Waals surface area (Å²) in [5, 5.41) is 3.41. The Morgan fingerprint density at radius 3 is 2.77 bits per heavy atom. The maximum atomic E-state index is 5.61. The maximum Gasteiger partial charge on any atom is 0.193 e. The molecular weight excluding hydrogens is 394 g/mol. The summed E-state index contributed by atoms with van der Waals surface area (Å²) in [6.45, 7) is 5.88. The lowest BCUT2D eigenvalue weighted by atomic mass is 10.2. The van der Waals surface area contributed by atoms with Crippen molar-refractivity contribution < 1.29 is 14.2 Å².